The molecule has 0 radical (unpaired) electrons. The van der Waals surface area contributed by atoms with Crippen LogP contribution in [0.1, 0.15) is 20.8 Å². The van der Waals surface area contributed by atoms with E-state index in [1.54, 1.807) is 0 Å². The van der Waals surface area contributed by atoms with Crippen molar-refractivity contribution in [3.05, 3.63) is 6.07 Å². The SMILES string of the molecule is CCNc1cc(NC(C)C)nc(N)n1. The minimum absolute atomic E-state index is 0.284. The first kappa shape index (κ1) is 10.6. The second-order valence-corrected chi connectivity index (χ2v) is 3.33. The van der Waals surface area contributed by atoms with Crippen molar-refractivity contribution in [2.45, 2.75) is 26.8 Å². The number of nitrogens with two attached hydrogens (primary N) is 1. The quantitative estimate of drug-likeness (QED) is 0.675. The summed E-state index contributed by atoms with van der Waals surface area (Å²) >= 11 is 0. The number of hydrogen-bond donors (Lipinski definition) is 3. The zero-order valence-electron chi connectivity index (χ0n) is 8.83. The second-order valence-electron chi connectivity index (χ2n) is 3.33. The molecule has 0 aromatic carbocycles. The summed E-state index contributed by atoms with van der Waals surface area (Å²) < 4.78 is 0. The van der Waals surface area contributed by atoms with Gasteiger partial charge in [0.25, 0.3) is 0 Å². The Bertz CT molecular complexity index is 297. The highest BCUT2D eigenvalue weighted by Gasteiger charge is 2.02. The molecule has 0 saturated heterocycles. The lowest BCUT2D eigenvalue weighted by Gasteiger charge is -2.10. The van der Waals surface area contributed by atoms with Gasteiger partial charge in [-0.3, -0.25) is 0 Å². The molecule has 1 aromatic heterocycles. The van der Waals surface area contributed by atoms with Crippen LogP contribution in [-0.4, -0.2) is 22.6 Å². The Balaban J connectivity index is 2.83. The Hall–Kier alpha value is -1.52. The van der Waals surface area contributed by atoms with Crippen molar-refractivity contribution in [2.24, 2.45) is 0 Å². The van der Waals surface area contributed by atoms with Gasteiger partial charge in [0, 0.05) is 18.7 Å². The third-order valence-electron chi connectivity index (χ3n) is 1.54. The van der Waals surface area contributed by atoms with Gasteiger partial charge in [-0.05, 0) is 20.8 Å². The van der Waals surface area contributed by atoms with Gasteiger partial charge in [-0.2, -0.15) is 9.97 Å². The van der Waals surface area contributed by atoms with E-state index in [1.807, 2.05) is 26.8 Å². The van der Waals surface area contributed by atoms with E-state index in [0.717, 1.165) is 18.2 Å². The van der Waals surface area contributed by atoms with Gasteiger partial charge in [0.1, 0.15) is 11.6 Å². The maximum atomic E-state index is 5.56. The Morgan fingerprint density at radius 3 is 2.57 bits per heavy atom. The van der Waals surface area contributed by atoms with Crippen LogP contribution < -0.4 is 16.4 Å². The number of nitrogens with one attached hydrogen (secondary N) is 2. The molecule has 0 aliphatic rings. The molecule has 0 saturated carbocycles. The van der Waals surface area contributed by atoms with Crippen LogP contribution in [0.25, 0.3) is 0 Å². The van der Waals surface area contributed by atoms with Crippen molar-refractivity contribution in [1.82, 2.24) is 9.97 Å². The average molecular weight is 195 g/mol. The van der Waals surface area contributed by atoms with Gasteiger partial charge in [0.05, 0.1) is 0 Å². The highest BCUT2D eigenvalue weighted by atomic mass is 15.1. The minimum atomic E-state index is 0.284. The smallest absolute Gasteiger partial charge is 0.223 e. The Morgan fingerprint density at radius 2 is 2.00 bits per heavy atom. The van der Waals surface area contributed by atoms with Crippen molar-refractivity contribution in [2.75, 3.05) is 22.9 Å². The van der Waals surface area contributed by atoms with Crippen molar-refractivity contribution >= 4 is 17.6 Å². The summed E-state index contributed by atoms with van der Waals surface area (Å²) in [6.07, 6.45) is 0. The van der Waals surface area contributed by atoms with Crippen molar-refractivity contribution < 1.29 is 0 Å². The Kier molecular flexibility index (Phi) is 3.50. The van der Waals surface area contributed by atoms with E-state index in [4.69, 9.17) is 5.73 Å². The zero-order chi connectivity index (χ0) is 10.6. The second kappa shape index (κ2) is 4.64. The van der Waals surface area contributed by atoms with Crippen LogP contribution in [-0.2, 0) is 0 Å². The summed E-state index contributed by atoms with van der Waals surface area (Å²) in [5, 5.41) is 6.26. The molecule has 1 heterocycles. The fourth-order valence-corrected chi connectivity index (χ4v) is 1.11. The van der Waals surface area contributed by atoms with E-state index in [-0.39, 0.29) is 5.95 Å². The predicted molar refractivity (Wildman–Crippen MR) is 59.4 cm³/mol. The first-order valence-corrected chi connectivity index (χ1v) is 4.76. The standard InChI is InChI=1S/C9H17N5/c1-4-11-7-5-8(12-6(2)3)14-9(10)13-7/h5-6H,4H2,1-3H3,(H4,10,11,12,13,14). The molecule has 0 aliphatic heterocycles. The molecular formula is C9H17N5. The number of nitrogens with zero attached hydrogens (tertiary/aromatic N) is 2. The molecule has 1 rings (SSSR count). The molecule has 5 nitrogen and oxygen atoms in total. The maximum absolute atomic E-state index is 5.56. The van der Waals surface area contributed by atoms with Gasteiger partial charge in [0.15, 0.2) is 0 Å². The van der Waals surface area contributed by atoms with Crippen molar-refractivity contribution in [3.8, 4) is 0 Å². The molecule has 14 heavy (non-hydrogen) atoms. The maximum Gasteiger partial charge on any atom is 0.223 e. The number of aromatic nitrogens is 2. The predicted octanol–water partition coefficient (Wildman–Crippen LogP) is 1.31. The van der Waals surface area contributed by atoms with Crippen LogP contribution >= 0.6 is 0 Å². The topological polar surface area (TPSA) is 75.9 Å². The number of hydrogen-bond acceptors (Lipinski definition) is 5. The lowest BCUT2D eigenvalue weighted by molar-refractivity contribution is 0.887. The summed E-state index contributed by atoms with van der Waals surface area (Å²) in [4.78, 5) is 8.12. The average Bonchev–Trinajstić information content (AvgIpc) is 2.01. The fourth-order valence-electron chi connectivity index (χ4n) is 1.11. The first-order chi connectivity index (χ1) is 6.61. The summed E-state index contributed by atoms with van der Waals surface area (Å²) in [6, 6.07) is 2.18. The molecule has 78 valence electrons. The number of rotatable bonds is 4. The zero-order valence-corrected chi connectivity index (χ0v) is 8.83. The fraction of sp³-hybridized carbons (Fsp3) is 0.556. The summed E-state index contributed by atoms with van der Waals surface area (Å²) in [5.41, 5.74) is 5.56. The molecule has 0 fully saturated rings. The molecule has 0 spiro atoms. The van der Waals surface area contributed by atoms with Crippen LogP contribution in [0.5, 0.6) is 0 Å². The molecule has 1 aromatic rings. The number of anilines is 3. The summed E-state index contributed by atoms with van der Waals surface area (Å²) in [7, 11) is 0. The minimum Gasteiger partial charge on any atom is -0.370 e. The highest BCUT2D eigenvalue weighted by molar-refractivity contribution is 5.51. The van der Waals surface area contributed by atoms with Crippen LogP contribution in [0.2, 0.25) is 0 Å². The van der Waals surface area contributed by atoms with Crippen molar-refractivity contribution in [1.29, 1.82) is 0 Å². The van der Waals surface area contributed by atoms with Crippen LogP contribution in [0.15, 0.2) is 6.07 Å². The third kappa shape index (κ3) is 3.08. The third-order valence-corrected chi connectivity index (χ3v) is 1.54. The van der Waals surface area contributed by atoms with Crippen LogP contribution in [0.3, 0.4) is 0 Å². The highest BCUT2D eigenvalue weighted by Crippen LogP contribution is 2.12. The lowest BCUT2D eigenvalue weighted by Crippen LogP contribution is -2.13. The normalized spacial score (nSPS) is 10.3. The van der Waals surface area contributed by atoms with E-state index in [0.29, 0.717) is 6.04 Å². The molecule has 0 bridgehead atoms. The molecule has 5 heteroatoms. The van der Waals surface area contributed by atoms with Gasteiger partial charge in [-0.1, -0.05) is 0 Å². The molecular weight excluding hydrogens is 178 g/mol. The summed E-state index contributed by atoms with van der Waals surface area (Å²) in [6.45, 7) is 6.92. The van der Waals surface area contributed by atoms with E-state index in [1.165, 1.54) is 0 Å². The van der Waals surface area contributed by atoms with Gasteiger partial charge in [-0.25, -0.2) is 0 Å². The Morgan fingerprint density at radius 1 is 1.36 bits per heavy atom. The van der Waals surface area contributed by atoms with Crippen molar-refractivity contribution in [3.63, 3.8) is 0 Å². The van der Waals surface area contributed by atoms with E-state index >= 15 is 0 Å². The molecule has 0 atom stereocenters. The first-order valence-electron chi connectivity index (χ1n) is 4.76. The van der Waals surface area contributed by atoms with Gasteiger partial charge in [0.2, 0.25) is 5.95 Å². The van der Waals surface area contributed by atoms with E-state index < -0.39 is 0 Å². The molecule has 4 N–H and O–H groups in total. The van der Waals surface area contributed by atoms with Crippen LogP contribution in [0, 0.1) is 0 Å². The molecule has 0 amide bonds. The van der Waals surface area contributed by atoms with Gasteiger partial charge in [-0.15, -0.1) is 0 Å². The monoisotopic (exact) mass is 195 g/mol. The lowest BCUT2D eigenvalue weighted by atomic mass is 10.4. The van der Waals surface area contributed by atoms with Gasteiger partial charge >= 0.3 is 0 Å². The van der Waals surface area contributed by atoms with E-state index in [9.17, 15) is 0 Å². The largest absolute Gasteiger partial charge is 0.370 e. The van der Waals surface area contributed by atoms with Gasteiger partial charge < -0.3 is 16.4 Å². The Labute approximate surface area is 84.1 Å². The summed E-state index contributed by atoms with van der Waals surface area (Å²) in [5.74, 6) is 1.79. The van der Waals surface area contributed by atoms with Crippen LogP contribution in [0.4, 0.5) is 17.6 Å². The molecule has 0 unspecified atom stereocenters. The van der Waals surface area contributed by atoms with E-state index in [2.05, 4.69) is 20.6 Å². The number of nitrogen functional groups attached to an aromatic ring is 1. The molecule has 0 aliphatic carbocycles.